The first-order chi connectivity index (χ1) is 12.6. The number of rotatable bonds is 6. The minimum atomic E-state index is -3.55. The molecule has 10 nitrogen and oxygen atoms in total. The van der Waals surface area contributed by atoms with Crippen LogP contribution in [0.2, 0.25) is 0 Å². The van der Waals surface area contributed by atoms with Gasteiger partial charge in [-0.25, -0.2) is 22.8 Å². The van der Waals surface area contributed by atoms with Crippen LogP contribution in [0.5, 0.6) is 0 Å². The van der Waals surface area contributed by atoms with Crippen LogP contribution >= 0.6 is 0 Å². The molecule has 3 heterocycles. The van der Waals surface area contributed by atoms with Gasteiger partial charge in [-0.3, -0.25) is 9.98 Å². The molecule has 1 unspecified atom stereocenters. The summed E-state index contributed by atoms with van der Waals surface area (Å²) in [7, 11) is -1.87. The van der Waals surface area contributed by atoms with Gasteiger partial charge < -0.3 is 10.6 Å². The van der Waals surface area contributed by atoms with Gasteiger partial charge in [-0.1, -0.05) is 0 Å². The van der Waals surface area contributed by atoms with E-state index in [1.807, 2.05) is 4.68 Å². The first kappa shape index (κ1) is 18.3. The molecule has 0 amide bonds. The van der Waals surface area contributed by atoms with E-state index in [0.29, 0.717) is 12.5 Å². The summed E-state index contributed by atoms with van der Waals surface area (Å²) in [6.07, 6.45) is 6.22. The molecule has 3 rings (SSSR count). The fourth-order valence-corrected chi connectivity index (χ4v) is 3.69. The zero-order valence-corrected chi connectivity index (χ0v) is 15.3. The van der Waals surface area contributed by atoms with Gasteiger partial charge in [0.05, 0.1) is 6.54 Å². The molecule has 0 saturated heterocycles. The van der Waals surface area contributed by atoms with Crippen LogP contribution in [0.4, 0.5) is 0 Å². The molecular weight excluding hydrogens is 356 g/mol. The Balaban J connectivity index is 1.44. The zero-order valence-electron chi connectivity index (χ0n) is 14.5. The van der Waals surface area contributed by atoms with Gasteiger partial charge in [-0.2, -0.15) is 5.10 Å². The van der Waals surface area contributed by atoms with E-state index in [1.54, 1.807) is 19.4 Å². The Bertz CT molecular complexity index is 850. The first-order valence-electron chi connectivity index (χ1n) is 8.32. The van der Waals surface area contributed by atoms with Crippen LogP contribution in [0.1, 0.15) is 12.2 Å². The maximum atomic E-state index is 12.1. The third kappa shape index (κ3) is 4.55. The normalized spacial score (nSPS) is 17.6. The molecule has 0 saturated carbocycles. The Labute approximate surface area is 152 Å². The SMILES string of the molecule is CN=C(NCCNS(=O)(=O)c1cccnc1)NC1CCc2ncnn2C1. The third-order valence-electron chi connectivity index (χ3n) is 4.02. The monoisotopic (exact) mass is 378 g/mol. The molecule has 2 aromatic rings. The number of fused-ring (bicyclic) bond motifs is 1. The summed E-state index contributed by atoms with van der Waals surface area (Å²) in [4.78, 5) is 12.4. The molecule has 26 heavy (non-hydrogen) atoms. The lowest BCUT2D eigenvalue weighted by atomic mass is 10.1. The quantitative estimate of drug-likeness (QED) is 0.339. The average Bonchev–Trinajstić information content (AvgIpc) is 3.12. The van der Waals surface area contributed by atoms with Crippen LogP contribution in [-0.4, -0.2) is 60.3 Å². The van der Waals surface area contributed by atoms with Gasteiger partial charge in [0, 0.05) is 45.0 Å². The summed E-state index contributed by atoms with van der Waals surface area (Å²) in [5.41, 5.74) is 0. The number of aliphatic imine (C=N–C) groups is 1. The van der Waals surface area contributed by atoms with Crippen molar-refractivity contribution in [2.75, 3.05) is 20.1 Å². The van der Waals surface area contributed by atoms with Crippen molar-refractivity contribution in [2.24, 2.45) is 4.99 Å². The zero-order chi connectivity index (χ0) is 18.4. The first-order valence-corrected chi connectivity index (χ1v) is 9.80. The van der Waals surface area contributed by atoms with Crippen LogP contribution < -0.4 is 15.4 Å². The molecule has 2 aromatic heterocycles. The number of sulfonamides is 1. The van der Waals surface area contributed by atoms with Crippen LogP contribution in [0.3, 0.4) is 0 Å². The lowest BCUT2D eigenvalue weighted by Crippen LogP contribution is -2.48. The van der Waals surface area contributed by atoms with Crippen molar-refractivity contribution >= 4 is 16.0 Å². The molecule has 0 aliphatic carbocycles. The Morgan fingerprint density at radius 1 is 1.42 bits per heavy atom. The van der Waals surface area contributed by atoms with Crippen molar-refractivity contribution in [3.05, 3.63) is 36.7 Å². The maximum Gasteiger partial charge on any atom is 0.242 e. The van der Waals surface area contributed by atoms with Crippen molar-refractivity contribution in [1.82, 2.24) is 35.1 Å². The van der Waals surface area contributed by atoms with E-state index < -0.39 is 10.0 Å². The van der Waals surface area contributed by atoms with Crippen LogP contribution in [0, 0.1) is 0 Å². The van der Waals surface area contributed by atoms with E-state index in [2.05, 4.69) is 35.4 Å². The molecule has 1 aliphatic heterocycles. The summed E-state index contributed by atoms with van der Waals surface area (Å²) in [5.74, 6) is 1.62. The van der Waals surface area contributed by atoms with Crippen molar-refractivity contribution in [3.63, 3.8) is 0 Å². The van der Waals surface area contributed by atoms with Gasteiger partial charge in [0.2, 0.25) is 10.0 Å². The summed E-state index contributed by atoms with van der Waals surface area (Å²) in [6, 6.07) is 3.29. The highest BCUT2D eigenvalue weighted by molar-refractivity contribution is 7.89. The average molecular weight is 378 g/mol. The van der Waals surface area contributed by atoms with Gasteiger partial charge >= 0.3 is 0 Å². The second-order valence-electron chi connectivity index (χ2n) is 5.82. The lowest BCUT2D eigenvalue weighted by molar-refractivity contribution is 0.393. The number of pyridine rings is 1. The number of nitrogens with zero attached hydrogens (tertiary/aromatic N) is 5. The van der Waals surface area contributed by atoms with Crippen molar-refractivity contribution in [3.8, 4) is 0 Å². The highest BCUT2D eigenvalue weighted by atomic mass is 32.2. The Morgan fingerprint density at radius 3 is 3.08 bits per heavy atom. The topological polar surface area (TPSA) is 126 Å². The highest BCUT2D eigenvalue weighted by Gasteiger charge is 2.20. The second kappa shape index (κ2) is 8.23. The molecule has 3 N–H and O–H groups in total. The number of nitrogens with one attached hydrogen (secondary N) is 3. The minimum absolute atomic E-state index is 0.147. The van der Waals surface area contributed by atoms with Gasteiger partial charge in [-0.15, -0.1) is 0 Å². The third-order valence-corrected chi connectivity index (χ3v) is 5.47. The predicted molar refractivity (Wildman–Crippen MR) is 96.1 cm³/mol. The van der Waals surface area contributed by atoms with E-state index in [0.717, 1.165) is 25.2 Å². The van der Waals surface area contributed by atoms with Gasteiger partial charge in [-0.05, 0) is 18.6 Å². The minimum Gasteiger partial charge on any atom is -0.355 e. The van der Waals surface area contributed by atoms with Crippen molar-refractivity contribution in [1.29, 1.82) is 0 Å². The Kier molecular flexibility index (Phi) is 5.78. The van der Waals surface area contributed by atoms with Gasteiger partial charge in [0.25, 0.3) is 0 Å². The molecule has 0 radical (unpaired) electrons. The standard InChI is InChI=1S/C15H22N8O2S/c1-16-15(22-12-4-5-14-19-11-20-23(14)10-12)18-7-8-21-26(24,25)13-3-2-6-17-9-13/h2-3,6,9,11-12,21H,4-5,7-8,10H2,1H3,(H2,16,18,22). The number of hydrogen-bond donors (Lipinski definition) is 3. The fraction of sp³-hybridized carbons (Fsp3) is 0.467. The number of hydrogen-bond acceptors (Lipinski definition) is 6. The molecule has 0 aromatic carbocycles. The molecule has 1 aliphatic rings. The number of guanidine groups is 1. The molecule has 0 bridgehead atoms. The van der Waals surface area contributed by atoms with Crippen molar-refractivity contribution < 1.29 is 8.42 Å². The maximum absolute atomic E-state index is 12.1. The van der Waals surface area contributed by atoms with E-state index in [1.165, 1.54) is 18.5 Å². The Hall–Kier alpha value is -2.53. The van der Waals surface area contributed by atoms with Gasteiger partial charge in [0.1, 0.15) is 17.0 Å². The van der Waals surface area contributed by atoms with Crippen LogP contribution in [-0.2, 0) is 23.0 Å². The molecule has 1 atom stereocenters. The van der Waals surface area contributed by atoms with Crippen molar-refractivity contribution in [2.45, 2.75) is 30.3 Å². The van der Waals surface area contributed by atoms with E-state index >= 15 is 0 Å². The molecule has 0 fully saturated rings. The molecule has 11 heteroatoms. The molecule has 140 valence electrons. The molecular formula is C15H22N8O2S. The van der Waals surface area contributed by atoms with Gasteiger partial charge in [0.15, 0.2) is 5.96 Å². The van der Waals surface area contributed by atoms with E-state index in [4.69, 9.17) is 0 Å². The second-order valence-corrected chi connectivity index (χ2v) is 7.59. The van der Waals surface area contributed by atoms with E-state index in [-0.39, 0.29) is 17.5 Å². The lowest BCUT2D eigenvalue weighted by Gasteiger charge is -2.25. The fourth-order valence-electron chi connectivity index (χ4n) is 2.70. The van der Waals surface area contributed by atoms with Crippen LogP contribution in [0.15, 0.2) is 40.7 Å². The number of aryl methyl sites for hydroxylation is 1. The summed E-state index contributed by atoms with van der Waals surface area (Å²) < 4.78 is 28.6. The predicted octanol–water partition coefficient (Wildman–Crippen LogP) is -0.869. The summed E-state index contributed by atoms with van der Waals surface area (Å²) in [6.45, 7) is 1.36. The number of aromatic nitrogens is 4. The molecule has 0 spiro atoms. The summed E-state index contributed by atoms with van der Waals surface area (Å²) >= 11 is 0. The largest absolute Gasteiger partial charge is 0.355 e. The van der Waals surface area contributed by atoms with Crippen LogP contribution in [0.25, 0.3) is 0 Å². The highest BCUT2D eigenvalue weighted by Crippen LogP contribution is 2.11. The Morgan fingerprint density at radius 2 is 2.31 bits per heavy atom. The smallest absolute Gasteiger partial charge is 0.242 e. The van der Waals surface area contributed by atoms with E-state index in [9.17, 15) is 8.42 Å². The summed E-state index contributed by atoms with van der Waals surface area (Å²) in [5, 5.41) is 10.6.